The van der Waals surface area contributed by atoms with Crippen LogP contribution in [0.25, 0.3) is 91.7 Å². The maximum Gasteiger partial charge on any atom is 0.0730 e. The molecular formula is C43H26N2S. The van der Waals surface area contributed by atoms with Gasteiger partial charge >= 0.3 is 0 Å². The van der Waals surface area contributed by atoms with Crippen LogP contribution in [0.5, 0.6) is 0 Å². The number of pyridine rings is 1. The Labute approximate surface area is 269 Å². The summed E-state index contributed by atoms with van der Waals surface area (Å²) >= 11 is 1.91. The smallest absolute Gasteiger partial charge is 0.0730 e. The first-order valence-corrected chi connectivity index (χ1v) is 16.5. The number of hydrogen-bond donors (Lipinski definition) is 0. The van der Waals surface area contributed by atoms with Gasteiger partial charge in [0.15, 0.2) is 0 Å². The fourth-order valence-corrected chi connectivity index (χ4v) is 8.60. The quantitative estimate of drug-likeness (QED) is 0.197. The number of benzene rings is 7. The average Bonchev–Trinajstić information content (AvgIpc) is 3.69. The molecule has 2 nitrogen and oxygen atoms in total. The van der Waals surface area contributed by atoms with Crippen molar-refractivity contribution in [3.63, 3.8) is 0 Å². The van der Waals surface area contributed by atoms with Crippen molar-refractivity contribution in [1.29, 1.82) is 0 Å². The molecule has 3 aromatic heterocycles. The van der Waals surface area contributed by atoms with Gasteiger partial charge in [0.1, 0.15) is 0 Å². The van der Waals surface area contributed by atoms with Gasteiger partial charge in [-0.15, -0.1) is 11.3 Å². The van der Waals surface area contributed by atoms with E-state index in [-0.39, 0.29) is 0 Å². The third kappa shape index (κ3) is 3.67. The van der Waals surface area contributed by atoms with Gasteiger partial charge in [-0.1, -0.05) is 133 Å². The molecule has 0 unspecified atom stereocenters. The Kier molecular flexibility index (Phi) is 5.48. The molecule has 214 valence electrons. The van der Waals surface area contributed by atoms with Crippen LogP contribution in [0.2, 0.25) is 0 Å². The molecule has 0 aliphatic heterocycles. The predicted octanol–water partition coefficient (Wildman–Crippen LogP) is 12.2. The zero-order valence-corrected chi connectivity index (χ0v) is 25.6. The van der Waals surface area contributed by atoms with Crippen LogP contribution in [0, 0.1) is 0 Å². The van der Waals surface area contributed by atoms with Crippen LogP contribution in [0.4, 0.5) is 0 Å². The molecule has 10 rings (SSSR count). The van der Waals surface area contributed by atoms with Gasteiger partial charge in [-0.05, 0) is 35.0 Å². The van der Waals surface area contributed by atoms with Crippen molar-refractivity contribution in [2.75, 3.05) is 0 Å². The topological polar surface area (TPSA) is 17.8 Å². The lowest BCUT2D eigenvalue weighted by atomic mass is 9.97. The van der Waals surface area contributed by atoms with E-state index in [9.17, 15) is 0 Å². The SMILES string of the molecule is c1ccc(-c2cc(-n3c4ccc5ccccc5c4c4c5c6ccccc6sc5c5ccccc5c43)cc(-c3ccccc3)n2)cc1. The van der Waals surface area contributed by atoms with E-state index in [1.807, 2.05) is 11.3 Å². The highest BCUT2D eigenvalue weighted by molar-refractivity contribution is 7.27. The minimum Gasteiger partial charge on any atom is -0.308 e. The lowest BCUT2D eigenvalue weighted by Gasteiger charge is -2.14. The molecule has 7 aromatic carbocycles. The molecule has 0 aliphatic carbocycles. The van der Waals surface area contributed by atoms with E-state index in [1.54, 1.807) is 0 Å². The second-order valence-electron chi connectivity index (χ2n) is 11.9. The largest absolute Gasteiger partial charge is 0.308 e. The summed E-state index contributed by atoms with van der Waals surface area (Å²) in [6.07, 6.45) is 0. The van der Waals surface area contributed by atoms with Crippen molar-refractivity contribution in [1.82, 2.24) is 9.55 Å². The van der Waals surface area contributed by atoms with Crippen LogP contribution in [0.15, 0.2) is 158 Å². The number of fused-ring (bicyclic) bond motifs is 12. The van der Waals surface area contributed by atoms with Crippen LogP contribution in [0.3, 0.4) is 0 Å². The third-order valence-corrected chi connectivity index (χ3v) is 10.5. The Morgan fingerprint density at radius 1 is 0.457 bits per heavy atom. The molecule has 0 amide bonds. The molecule has 0 fully saturated rings. The Morgan fingerprint density at radius 2 is 1.04 bits per heavy atom. The van der Waals surface area contributed by atoms with Gasteiger partial charge in [-0.2, -0.15) is 0 Å². The summed E-state index contributed by atoms with van der Waals surface area (Å²) in [4.78, 5) is 5.23. The van der Waals surface area contributed by atoms with Crippen molar-refractivity contribution >= 4 is 74.9 Å². The second kappa shape index (κ2) is 9.87. The van der Waals surface area contributed by atoms with Crippen molar-refractivity contribution in [2.45, 2.75) is 0 Å². The maximum atomic E-state index is 5.23. The molecule has 0 saturated heterocycles. The van der Waals surface area contributed by atoms with Gasteiger partial charge in [-0.25, -0.2) is 4.98 Å². The number of hydrogen-bond acceptors (Lipinski definition) is 2. The third-order valence-electron chi connectivity index (χ3n) is 9.34. The summed E-state index contributed by atoms with van der Waals surface area (Å²) in [5, 5.41) is 10.3. The molecule has 0 saturated carbocycles. The van der Waals surface area contributed by atoms with E-state index in [2.05, 4.69) is 162 Å². The standard InChI is InChI=1S/C43H26N2S/c1-3-14-28(15-4-1)35-25-30(26-36(44-35)29-16-5-2-6-17-29)45-37-24-23-27-13-7-8-18-31(27)39(37)41-40-34-21-11-12-22-38(34)46-43(40)33-20-10-9-19-32(33)42(41)45/h1-26H. The Bertz CT molecular complexity index is 2730. The molecule has 0 N–H and O–H groups in total. The minimum atomic E-state index is 0.958. The highest BCUT2D eigenvalue weighted by atomic mass is 32.1. The fourth-order valence-electron chi connectivity index (χ4n) is 7.36. The van der Waals surface area contributed by atoms with Gasteiger partial charge in [0.25, 0.3) is 0 Å². The zero-order valence-electron chi connectivity index (χ0n) is 24.8. The minimum absolute atomic E-state index is 0.958. The van der Waals surface area contributed by atoms with E-state index in [0.29, 0.717) is 0 Å². The highest BCUT2D eigenvalue weighted by Crippen LogP contribution is 2.49. The van der Waals surface area contributed by atoms with Gasteiger partial charge in [0.2, 0.25) is 0 Å². The molecule has 0 aliphatic rings. The van der Waals surface area contributed by atoms with Crippen molar-refractivity contribution < 1.29 is 0 Å². The van der Waals surface area contributed by atoms with Crippen LogP contribution >= 0.6 is 11.3 Å². The van der Waals surface area contributed by atoms with Gasteiger partial charge in [-0.3, -0.25) is 0 Å². The Hall–Kier alpha value is -5.77. The van der Waals surface area contributed by atoms with Gasteiger partial charge in [0, 0.05) is 52.8 Å². The van der Waals surface area contributed by atoms with Crippen molar-refractivity contribution in [3.8, 4) is 28.2 Å². The zero-order chi connectivity index (χ0) is 30.2. The van der Waals surface area contributed by atoms with E-state index >= 15 is 0 Å². The predicted molar refractivity (Wildman–Crippen MR) is 197 cm³/mol. The molecule has 10 aromatic rings. The Morgan fingerprint density at radius 3 is 1.76 bits per heavy atom. The Balaban J connectivity index is 1.47. The fraction of sp³-hybridized carbons (Fsp3) is 0. The van der Waals surface area contributed by atoms with Gasteiger partial charge < -0.3 is 4.57 Å². The van der Waals surface area contributed by atoms with E-state index < -0.39 is 0 Å². The van der Waals surface area contributed by atoms with E-state index in [1.165, 1.54) is 63.5 Å². The summed E-state index contributed by atoms with van der Waals surface area (Å²) in [7, 11) is 0. The first-order chi connectivity index (χ1) is 22.8. The molecule has 0 atom stereocenters. The molecule has 3 heteroatoms. The second-order valence-corrected chi connectivity index (χ2v) is 13.0. The maximum absolute atomic E-state index is 5.23. The first kappa shape index (κ1) is 25.5. The number of rotatable bonds is 3. The summed E-state index contributed by atoms with van der Waals surface area (Å²) < 4.78 is 5.17. The monoisotopic (exact) mass is 602 g/mol. The summed E-state index contributed by atoms with van der Waals surface area (Å²) in [5.74, 6) is 0. The number of nitrogens with zero attached hydrogens (tertiary/aromatic N) is 2. The lowest BCUT2D eigenvalue weighted by molar-refractivity contribution is 1.16. The van der Waals surface area contributed by atoms with Crippen molar-refractivity contribution in [3.05, 3.63) is 158 Å². The molecule has 0 bridgehead atoms. The van der Waals surface area contributed by atoms with Crippen LogP contribution in [-0.2, 0) is 0 Å². The summed E-state index contributed by atoms with van der Waals surface area (Å²) in [6, 6.07) is 56.9. The van der Waals surface area contributed by atoms with Crippen LogP contribution in [-0.4, -0.2) is 9.55 Å². The number of aromatic nitrogens is 2. The average molecular weight is 603 g/mol. The van der Waals surface area contributed by atoms with Gasteiger partial charge in [0.05, 0.1) is 28.1 Å². The molecule has 46 heavy (non-hydrogen) atoms. The molecule has 0 spiro atoms. The molecular weight excluding hydrogens is 577 g/mol. The lowest BCUT2D eigenvalue weighted by Crippen LogP contribution is -1.99. The summed E-state index contributed by atoms with van der Waals surface area (Å²) in [6.45, 7) is 0. The normalized spacial score (nSPS) is 11.9. The highest BCUT2D eigenvalue weighted by Gasteiger charge is 2.23. The summed E-state index contributed by atoms with van der Waals surface area (Å²) in [5.41, 5.74) is 7.66. The molecule has 3 heterocycles. The van der Waals surface area contributed by atoms with Crippen LogP contribution < -0.4 is 0 Å². The first-order valence-electron chi connectivity index (χ1n) is 15.6. The van der Waals surface area contributed by atoms with E-state index in [0.717, 1.165) is 28.2 Å². The van der Waals surface area contributed by atoms with Crippen molar-refractivity contribution in [2.24, 2.45) is 0 Å². The number of thiophene rings is 1. The van der Waals surface area contributed by atoms with Crippen LogP contribution in [0.1, 0.15) is 0 Å². The van der Waals surface area contributed by atoms with E-state index in [4.69, 9.17) is 4.98 Å². The molecule has 0 radical (unpaired) electrons.